The van der Waals surface area contributed by atoms with Crippen LogP contribution in [0.25, 0.3) is 0 Å². The van der Waals surface area contributed by atoms with Gasteiger partial charge in [0.05, 0.1) is 6.61 Å². The third-order valence-corrected chi connectivity index (χ3v) is 2.93. The average Bonchev–Trinajstić information content (AvgIpc) is 2.44. The van der Waals surface area contributed by atoms with E-state index in [0.29, 0.717) is 0 Å². The summed E-state index contributed by atoms with van der Waals surface area (Å²) in [6.45, 7) is 3.87. The van der Waals surface area contributed by atoms with Crippen LogP contribution in [0.15, 0.2) is 54.6 Å². The summed E-state index contributed by atoms with van der Waals surface area (Å²) < 4.78 is 5.65. The van der Waals surface area contributed by atoms with Crippen LogP contribution in [-0.2, 0) is 0 Å². The number of benzene rings is 2. The molecule has 0 radical (unpaired) electrons. The van der Waals surface area contributed by atoms with Gasteiger partial charge in [0.15, 0.2) is 0 Å². The van der Waals surface area contributed by atoms with Crippen molar-refractivity contribution in [3.05, 3.63) is 60.2 Å². The number of anilines is 1. The second-order valence-electron chi connectivity index (χ2n) is 4.66. The van der Waals surface area contributed by atoms with Gasteiger partial charge in [0.1, 0.15) is 5.75 Å². The molecule has 0 spiro atoms. The highest BCUT2D eigenvalue weighted by molar-refractivity contribution is 5.45. The molecule has 0 fully saturated rings. The Hall–Kier alpha value is -1.96. The molecule has 19 heavy (non-hydrogen) atoms. The minimum atomic E-state index is 0.777. The van der Waals surface area contributed by atoms with E-state index in [0.717, 1.165) is 31.7 Å². The Balaban J connectivity index is 1.58. The highest BCUT2D eigenvalue weighted by Gasteiger charge is 1.94. The van der Waals surface area contributed by atoms with Gasteiger partial charge in [0, 0.05) is 12.2 Å². The molecule has 2 aromatic carbocycles. The quantitative estimate of drug-likeness (QED) is 0.746. The molecule has 0 atom stereocenters. The molecule has 0 aromatic heterocycles. The van der Waals surface area contributed by atoms with Gasteiger partial charge in [0.25, 0.3) is 0 Å². The van der Waals surface area contributed by atoms with E-state index >= 15 is 0 Å². The van der Waals surface area contributed by atoms with Gasteiger partial charge in [0.2, 0.25) is 0 Å². The topological polar surface area (TPSA) is 21.3 Å². The molecule has 0 aliphatic heterocycles. The zero-order chi connectivity index (χ0) is 13.3. The summed E-state index contributed by atoms with van der Waals surface area (Å²) in [7, 11) is 0. The zero-order valence-corrected chi connectivity index (χ0v) is 11.4. The number of hydrogen-bond donors (Lipinski definition) is 1. The number of para-hydroxylation sites is 1. The summed E-state index contributed by atoms with van der Waals surface area (Å²) in [5.74, 6) is 0.953. The molecule has 0 amide bonds. The maximum absolute atomic E-state index is 5.65. The highest BCUT2D eigenvalue weighted by atomic mass is 16.5. The maximum Gasteiger partial charge on any atom is 0.119 e. The Morgan fingerprint density at radius 3 is 2.58 bits per heavy atom. The smallest absolute Gasteiger partial charge is 0.119 e. The highest BCUT2D eigenvalue weighted by Crippen LogP contribution is 2.10. The number of nitrogens with one attached hydrogen (secondary N) is 1. The minimum Gasteiger partial charge on any atom is -0.494 e. The molecule has 0 heterocycles. The van der Waals surface area contributed by atoms with Crippen molar-refractivity contribution >= 4 is 5.69 Å². The van der Waals surface area contributed by atoms with Crippen LogP contribution in [0.2, 0.25) is 0 Å². The van der Waals surface area contributed by atoms with Gasteiger partial charge in [-0.2, -0.15) is 0 Å². The van der Waals surface area contributed by atoms with E-state index in [1.54, 1.807) is 0 Å². The Bertz CT molecular complexity index is 482. The first-order valence-corrected chi connectivity index (χ1v) is 6.83. The Morgan fingerprint density at radius 2 is 1.79 bits per heavy atom. The van der Waals surface area contributed by atoms with Gasteiger partial charge in [-0.1, -0.05) is 30.3 Å². The molecular weight excluding hydrogens is 234 g/mol. The number of unbranched alkanes of at least 4 members (excludes halogenated alkanes) is 1. The summed E-state index contributed by atoms with van der Waals surface area (Å²) in [6.07, 6.45) is 2.18. The molecule has 1 N–H and O–H groups in total. The molecule has 2 rings (SSSR count). The molecule has 100 valence electrons. The fraction of sp³-hybridized carbons (Fsp3) is 0.294. The molecule has 0 aliphatic rings. The number of hydrogen-bond acceptors (Lipinski definition) is 2. The van der Waals surface area contributed by atoms with E-state index in [1.807, 2.05) is 30.3 Å². The van der Waals surface area contributed by atoms with Crippen LogP contribution in [0, 0.1) is 6.92 Å². The Labute approximate surface area is 115 Å². The maximum atomic E-state index is 5.65. The molecule has 2 aromatic rings. The summed E-state index contributed by atoms with van der Waals surface area (Å²) >= 11 is 0. The lowest BCUT2D eigenvalue weighted by atomic mass is 10.2. The standard InChI is InChI=1S/C17H21NO/c1-15-8-7-9-16(14-15)18-12-5-6-13-19-17-10-3-2-4-11-17/h2-4,7-11,14,18H,5-6,12-13H2,1H3. The largest absolute Gasteiger partial charge is 0.494 e. The van der Waals surface area contributed by atoms with Crippen molar-refractivity contribution in [2.24, 2.45) is 0 Å². The fourth-order valence-corrected chi connectivity index (χ4v) is 1.92. The first-order valence-electron chi connectivity index (χ1n) is 6.83. The lowest BCUT2D eigenvalue weighted by Crippen LogP contribution is -2.04. The van der Waals surface area contributed by atoms with Crippen LogP contribution in [-0.4, -0.2) is 13.2 Å². The van der Waals surface area contributed by atoms with Crippen LogP contribution < -0.4 is 10.1 Å². The summed E-state index contributed by atoms with van der Waals surface area (Å²) in [6, 6.07) is 18.4. The first kappa shape index (κ1) is 13.5. The van der Waals surface area contributed by atoms with Gasteiger partial charge in [-0.15, -0.1) is 0 Å². The van der Waals surface area contributed by atoms with Gasteiger partial charge in [-0.3, -0.25) is 0 Å². The van der Waals surface area contributed by atoms with Crippen LogP contribution >= 0.6 is 0 Å². The lowest BCUT2D eigenvalue weighted by Gasteiger charge is -2.08. The predicted molar refractivity (Wildman–Crippen MR) is 80.8 cm³/mol. The summed E-state index contributed by atoms with van der Waals surface area (Å²) in [4.78, 5) is 0. The van der Waals surface area contributed by atoms with Crippen molar-refractivity contribution in [2.75, 3.05) is 18.5 Å². The normalized spacial score (nSPS) is 10.2. The number of ether oxygens (including phenoxy) is 1. The van der Waals surface area contributed by atoms with E-state index in [9.17, 15) is 0 Å². The van der Waals surface area contributed by atoms with Crippen LogP contribution in [0.5, 0.6) is 5.75 Å². The van der Waals surface area contributed by atoms with Gasteiger partial charge in [-0.25, -0.2) is 0 Å². The molecule has 0 saturated carbocycles. The van der Waals surface area contributed by atoms with E-state index in [2.05, 4.69) is 36.5 Å². The van der Waals surface area contributed by atoms with Crippen LogP contribution in [0.4, 0.5) is 5.69 Å². The summed E-state index contributed by atoms with van der Waals surface area (Å²) in [5.41, 5.74) is 2.49. The van der Waals surface area contributed by atoms with E-state index in [1.165, 1.54) is 11.3 Å². The Morgan fingerprint density at radius 1 is 0.947 bits per heavy atom. The predicted octanol–water partition coefficient (Wildman–Crippen LogP) is 4.27. The molecule has 0 unspecified atom stereocenters. The van der Waals surface area contributed by atoms with Crippen molar-refractivity contribution < 1.29 is 4.74 Å². The van der Waals surface area contributed by atoms with Crippen molar-refractivity contribution in [1.29, 1.82) is 0 Å². The molecule has 0 saturated heterocycles. The molecular formula is C17H21NO. The van der Waals surface area contributed by atoms with Crippen molar-refractivity contribution in [3.8, 4) is 5.75 Å². The van der Waals surface area contributed by atoms with Gasteiger partial charge in [-0.05, 0) is 49.6 Å². The Kier molecular flexibility index (Phi) is 5.30. The van der Waals surface area contributed by atoms with Crippen molar-refractivity contribution in [3.63, 3.8) is 0 Å². The molecule has 0 bridgehead atoms. The minimum absolute atomic E-state index is 0.777. The SMILES string of the molecule is Cc1cccc(NCCCCOc2ccccc2)c1. The van der Waals surface area contributed by atoms with E-state index < -0.39 is 0 Å². The second-order valence-corrected chi connectivity index (χ2v) is 4.66. The number of aryl methyl sites for hydroxylation is 1. The monoisotopic (exact) mass is 255 g/mol. The summed E-state index contributed by atoms with van der Waals surface area (Å²) in [5, 5.41) is 3.43. The van der Waals surface area contributed by atoms with Crippen LogP contribution in [0.3, 0.4) is 0 Å². The molecule has 2 nitrogen and oxygen atoms in total. The van der Waals surface area contributed by atoms with E-state index in [-0.39, 0.29) is 0 Å². The fourth-order valence-electron chi connectivity index (χ4n) is 1.92. The van der Waals surface area contributed by atoms with Crippen LogP contribution in [0.1, 0.15) is 18.4 Å². The second kappa shape index (κ2) is 7.47. The molecule has 0 aliphatic carbocycles. The van der Waals surface area contributed by atoms with Crippen molar-refractivity contribution in [2.45, 2.75) is 19.8 Å². The van der Waals surface area contributed by atoms with E-state index in [4.69, 9.17) is 4.74 Å². The van der Waals surface area contributed by atoms with Gasteiger partial charge >= 0.3 is 0 Å². The average molecular weight is 255 g/mol. The number of rotatable bonds is 7. The lowest BCUT2D eigenvalue weighted by molar-refractivity contribution is 0.308. The van der Waals surface area contributed by atoms with Gasteiger partial charge < -0.3 is 10.1 Å². The first-order chi connectivity index (χ1) is 9.34. The third kappa shape index (κ3) is 5.04. The zero-order valence-electron chi connectivity index (χ0n) is 11.4. The van der Waals surface area contributed by atoms with Crippen molar-refractivity contribution in [1.82, 2.24) is 0 Å². The third-order valence-electron chi connectivity index (χ3n) is 2.93. The molecule has 2 heteroatoms.